The van der Waals surface area contributed by atoms with E-state index in [1.165, 1.54) is 39.5 Å². The van der Waals surface area contributed by atoms with Gasteiger partial charge in [0.15, 0.2) is 0 Å². The Hall–Kier alpha value is -2.31. The van der Waals surface area contributed by atoms with Crippen LogP contribution in [-0.2, 0) is 16.1 Å². The summed E-state index contributed by atoms with van der Waals surface area (Å²) in [5.74, 6) is -0.394. The van der Waals surface area contributed by atoms with Crippen molar-refractivity contribution in [2.24, 2.45) is 11.8 Å². The largest absolute Gasteiger partial charge is 0.495 e. The second-order valence-corrected chi connectivity index (χ2v) is 7.85. The molecule has 0 radical (unpaired) electrons. The highest BCUT2D eigenvalue weighted by Crippen LogP contribution is 2.26. The number of carbonyl (C=O) groups is 2. The first-order valence-corrected chi connectivity index (χ1v) is 9.97. The monoisotopic (exact) mass is 392 g/mol. The number of ether oxygens (including phenoxy) is 2. The topological polar surface area (TPSA) is 86.6 Å². The molecule has 0 aliphatic heterocycles. The van der Waals surface area contributed by atoms with Crippen LogP contribution >= 0.6 is 0 Å². The van der Waals surface area contributed by atoms with Gasteiger partial charge in [-0.15, -0.1) is 0 Å². The predicted molar refractivity (Wildman–Crippen MR) is 107 cm³/mol. The van der Waals surface area contributed by atoms with Crippen molar-refractivity contribution < 1.29 is 19.1 Å². The molecule has 0 spiro atoms. The number of nitrogens with one attached hydrogen (secondary N) is 1. The van der Waals surface area contributed by atoms with Crippen LogP contribution in [0.25, 0.3) is 0 Å². The molecule has 156 valence electrons. The Kier molecular flexibility index (Phi) is 7.66. The smallest absolute Gasteiger partial charge is 0.328 e. The molecule has 1 fully saturated rings. The average molecular weight is 392 g/mol. The maximum absolute atomic E-state index is 13.1. The second kappa shape index (κ2) is 9.75. The maximum Gasteiger partial charge on any atom is 0.328 e. The molecule has 0 aromatic carbocycles. The Labute approximate surface area is 166 Å². The van der Waals surface area contributed by atoms with Crippen LogP contribution in [0.4, 0.5) is 0 Å². The molecule has 2 rings (SSSR count). The van der Waals surface area contributed by atoms with Crippen molar-refractivity contribution in [3.8, 4) is 5.75 Å². The maximum atomic E-state index is 13.1. The third-order valence-corrected chi connectivity index (χ3v) is 5.55. The summed E-state index contributed by atoms with van der Waals surface area (Å²) in [5, 5.41) is 2.64. The van der Waals surface area contributed by atoms with Crippen LogP contribution in [-0.4, -0.2) is 36.7 Å². The summed E-state index contributed by atoms with van der Waals surface area (Å²) in [6.45, 7) is 6.01. The number of esters is 1. The lowest BCUT2D eigenvalue weighted by Gasteiger charge is -2.25. The number of hydrogen-bond acceptors (Lipinski definition) is 5. The number of nitrogens with zero attached hydrogens (tertiary/aromatic N) is 1. The molecular weight excluding hydrogens is 360 g/mol. The van der Waals surface area contributed by atoms with E-state index in [4.69, 9.17) is 9.47 Å². The third kappa shape index (κ3) is 4.94. The molecule has 1 aromatic heterocycles. The highest BCUT2D eigenvalue weighted by atomic mass is 16.5. The van der Waals surface area contributed by atoms with Gasteiger partial charge in [-0.1, -0.05) is 33.1 Å². The SMILES string of the molecule is COC(=O)C(NC(=O)c1cc(OC)c(C)n(CC2CCCCC2)c1=O)C(C)C. The number of carbonyl (C=O) groups excluding carboxylic acids is 2. The highest BCUT2D eigenvalue weighted by Gasteiger charge is 2.28. The fourth-order valence-corrected chi connectivity index (χ4v) is 3.79. The van der Waals surface area contributed by atoms with E-state index in [0.717, 1.165) is 12.8 Å². The summed E-state index contributed by atoms with van der Waals surface area (Å²) in [6, 6.07) is 0.634. The molecule has 1 unspecified atom stereocenters. The Morgan fingerprint density at radius 2 is 1.86 bits per heavy atom. The summed E-state index contributed by atoms with van der Waals surface area (Å²) >= 11 is 0. The van der Waals surface area contributed by atoms with E-state index in [0.29, 0.717) is 23.9 Å². The first-order valence-electron chi connectivity index (χ1n) is 9.97. The van der Waals surface area contributed by atoms with E-state index in [9.17, 15) is 14.4 Å². The fourth-order valence-electron chi connectivity index (χ4n) is 3.79. The van der Waals surface area contributed by atoms with Crippen molar-refractivity contribution >= 4 is 11.9 Å². The zero-order chi connectivity index (χ0) is 20.8. The normalized spacial score (nSPS) is 15.9. The lowest BCUT2D eigenvalue weighted by atomic mass is 9.89. The van der Waals surface area contributed by atoms with Gasteiger partial charge < -0.3 is 19.4 Å². The van der Waals surface area contributed by atoms with Gasteiger partial charge in [0, 0.05) is 12.6 Å². The first-order chi connectivity index (χ1) is 13.3. The number of pyridine rings is 1. The van der Waals surface area contributed by atoms with Gasteiger partial charge in [0.2, 0.25) is 0 Å². The third-order valence-electron chi connectivity index (χ3n) is 5.55. The van der Waals surface area contributed by atoms with Crippen molar-refractivity contribution in [1.29, 1.82) is 0 Å². The molecular formula is C21H32N2O5. The van der Waals surface area contributed by atoms with Crippen LogP contribution in [0.5, 0.6) is 5.75 Å². The van der Waals surface area contributed by atoms with Gasteiger partial charge in [-0.2, -0.15) is 0 Å². The first kappa shape index (κ1) is 22.0. The van der Waals surface area contributed by atoms with Crippen molar-refractivity contribution in [2.45, 2.75) is 65.5 Å². The summed E-state index contributed by atoms with van der Waals surface area (Å²) in [6.07, 6.45) is 5.75. The molecule has 1 N–H and O–H groups in total. The quantitative estimate of drug-likeness (QED) is 0.721. The minimum absolute atomic E-state index is 0.0205. The molecule has 1 aromatic rings. The van der Waals surface area contributed by atoms with Crippen LogP contribution in [0.2, 0.25) is 0 Å². The van der Waals surface area contributed by atoms with Crippen LogP contribution in [0.1, 0.15) is 62.0 Å². The average Bonchev–Trinajstić information content (AvgIpc) is 2.69. The van der Waals surface area contributed by atoms with Gasteiger partial charge in [0.1, 0.15) is 17.4 Å². The Morgan fingerprint density at radius 3 is 2.39 bits per heavy atom. The second-order valence-electron chi connectivity index (χ2n) is 7.85. The molecule has 28 heavy (non-hydrogen) atoms. The van der Waals surface area contributed by atoms with Gasteiger partial charge in [-0.3, -0.25) is 9.59 Å². The number of methoxy groups -OCH3 is 2. The number of aromatic nitrogens is 1. The van der Waals surface area contributed by atoms with Gasteiger partial charge in [0.25, 0.3) is 11.5 Å². The van der Waals surface area contributed by atoms with E-state index >= 15 is 0 Å². The summed E-state index contributed by atoms with van der Waals surface area (Å²) in [7, 11) is 2.79. The Morgan fingerprint density at radius 1 is 1.21 bits per heavy atom. The minimum atomic E-state index is -0.823. The number of rotatable bonds is 7. The Balaban J connectivity index is 2.37. The van der Waals surface area contributed by atoms with E-state index in [1.807, 2.05) is 6.92 Å². The summed E-state index contributed by atoms with van der Waals surface area (Å²) in [4.78, 5) is 37.9. The molecule has 1 aliphatic carbocycles. The van der Waals surface area contributed by atoms with Crippen LogP contribution in [0, 0.1) is 18.8 Å². The Bertz CT molecular complexity index is 763. The van der Waals surface area contributed by atoms with E-state index in [2.05, 4.69) is 5.32 Å². The molecule has 1 amide bonds. The van der Waals surface area contributed by atoms with Gasteiger partial charge >= 0.3 is 5.97 Å². The van der Waals surface area contributed by atoms with Gasteiger partial charge in [-0.25, -0.2) is 4.79 Å². The van der Waals surface area contributed by atoms with E-state index < -0.39 is 17.9 Å². The lowest BCUT2D eigenvalue weighted by molar-refractivity contribution is -0.144. The molecule has 1 saturated carbocycles. The molecule has 1 aliphatic rings. The van der Waals surface area contributed by atoms with Crippen LogP contribution in [0.15, 0.2) is 10.9 Å². The molecule has 1 heterocycles. The van der Waals surface area contributed by atoms with Crippen molar-refractivity contribution in [2.75, 3.05) is 14.2 Å². The zero-order valence-electron chi connectivity index (χ0n) is 17.5. The van der Waals surface area contributed by atoms with Crippen LogP contribution < -0.4 is 15.6 Å². The summed E-state index contributed by atoms with van der Waals surface area (Å²) < 4.78 is 11.8. The molecule has 0 bridgehead atoms. The lowest BCUT2D eigenvalue weighted by Crippen LogP contribution is -2.47. The standard InChI is InChI=1S/C21H32N2O5/c1-13(2)18(21(26)28-5)22-19(24)16-11-17(27-4)14(3)23(20(16)25)12-15-9-7-6-8-10-15/h11,13,15,18H,6-10,12H2,1-5H3,(H,22,24). The highest BCUT2D eigenvalue weighted by molar-refractivity contribution is 5.97. The number of amides is 1. The van der Waals surface area contributed by atoms with E-state index in [1.54, 1.807) is 18.4 Å². The number of hydrogen-bond donors (Lipinski definition) is 1. The van der Waals surface area contributed by atoms with Gasteiger partial charge in [0.05, 0.1) is 19.9 Å². The van der Waals surface area contributed by atoms with Crippen molar-refractivity contribution in [3.05, 3.63) is 27.7 Å². The predicted octanol–water partition coefficient (Wildman–Crippen LogP) is 2.67. The molecule has 0 saturated heterocycles. The van der Waals surface area contributed by atoms with Crippen LogP contribution in [0.3, 0.4) is 0 Å². The fraction of sp³-hybridized carbons (Fsp3) is 0.667. The zero-order valence-corrected chi connectivity index (χ0v) is 17.5. The summed E-state index contributed by atoms with van der Waals surface area (Å²) in [5.41, 5.74) is 0.338. The van der Waals surface area contributed by atoms with Crippen molar-refractivity contribution in [3.63, 3.8) is 0 Å². The van der Waals surface area contributed by atoms with Crippen molar-refractivity contribution in [1.82, 2.24) is 9.88 Å². The molecule has 7 nitrogen and oxygen atoms in total. The molecule has 1 atom stereocenters. The molecule has 7 heteroatoms. The van der Waals surface area contributed by atoms with Gasteiger partial charge in [-0.05, 0) is 31.6 Å². The minimum Gasteiger partial charge on any atom is -0.495 e. The van der Waals surface area contributed by atoms with E-state index in [-0.39, 0.29) is 17.0 Å².